The molecular weight excluding hydrogens is 298 g/mol. The van der Waals surface area contributed by atoms with Gasteiger partial charge in [-0.15, -0.1) is 0 Å². The molecule has 0 bridgehead atoms. The van der Waals surface area contributed by atoms with Crippen LogP contribution in [0.5, 0.6) is 0 Å². The van der Waals surface area contributed by atoms with Gasteiger partial charge in [-0.3, -0.25) is 4.98 Å². The first-order valence-corrected chi connectivity index (χ1v) is 6.62. The average Bonchev–Trinajstić information content (AvgIpc) is 2.28. The summed E-state index contributed by atoms with van der Waals surface area (Å²) >= 11 is 9.47. The summed E-state index contributed by atoms with van der Waals surface area (Å²) in [7, 11) is 0. The third-order valence-electron chi connectivity index (χ3n) is 2.76. The minimum absolute atomic E-state index is 0.250. The number of pyridine rings is 1. The molecule has 1 heterocycles. The zero-order valence-electron chi connectivity index (χ0n) is 9.74. The van der Waals surface area contributed by atoms with E-state index in [-0.39, 0.29) is 5.92 Å². The Kier molecular flexibility index (Phi) is 3.85. The summed E-state index contributed by atoms with van der Waals surface area (Å²) in [6.07, 6.45) is 1.82. The fraction of sp³-hybridized carbons (Fsp3) is 0.214. The van der Waals surface area contributed by atoms with Crippen LogP contribution in [0, 0.1) is 6.92 Å². The molecule has 0 fully saturated rings. The second kappa shape index (κ2) is 5.19. The number of nitrogens with zero attached hydrogens (tertiary/aromatic N) is 1. The molecule has 3 heteroatoms. The van der Waals surface area contributed by atoms with Gasteiger partial charge in [0.15, 0.2) is 0 Å². The van der Waals surface area contributed by atoms with E-state index in [1.807, 2.05) is 30.5 Å². The maximum Gasteiger partial charge on any atom is 0.0476 e. The van der Waals surface area contributed by atoms with Gasteiger partial charge in [-0.1, -0.05) is 24.6 Å². The van der Waals surface area contributed by atoms with Gasteiger partial charge in [0.05, 0.1) is 0 Å². The van der Waals surface area contributed by atoms with Crippen LogP contribution < -0.4 is 0 Å². The lowest BCUT2D eigenvalue weighted by Gasteiger charge is -2.12. The van der Waals surface area contributed by atoms with Gasteiger partial charge in [-0.2, -0.15) is 0 Å². The Bertz CT molecular complexity index is 502. The maximum absolute atomic E-state index is 6.08. The molecule has 2 aromatic rings. The van der Waals surface area contributed by atoms with E-state index < -0.39 is 0 Å². The van der Waals surface area contributed by atoms with Crippen molar-refractivity contribution in [2.75, 3.05) is 0 Å². The van der Waals surface area contributed by atoms with Gasteiger partial charge in [-0.05, 0) is 58.2 Å². The number of benzene rings is 1. The molecule has 1 atom stereocenters. The Hall–Kier alpha value is -0.860. The van der Waals surface area contributed by atoms with E-state index >= 15 is 0 Å². The molecule has 1 aromatic heterocycles. The molecule has 0 N–H and O–H groups in total. The van der Waals surface area contributed by atoms with Crippen molar-refractivity contribution in [1.82, 2.24) is 4.98 Å². The van der Waals surface area contributed by atoms with Crippen molar-refractivity contribution < 1.29 is 0 Å². The first-order valence-electron chi connectivity index (χ1n) is 5.45. The number of hydrogen-bond acceptors (Lipinski definition) is 1. The Labute approximate surface area is 115 Å². The highest BCUT2D eigenvalue weighted by Gasteiger charge is 2.10. The summed E-state index contributed by atoms with van der Waals surface area (Å²) in [6, 6.07) is 10.2. The van der Waals surface area contributed by atoms with Crippen LogP contribution >= 0.6 is 27.5 Å². The van der Waals surface area contributed by atoms with E-state index in [1.54, 1.807) is 0 Å². The Balaban J connectivity index is 2.36. The molecule has 1 nitrogen and oxygen atoms in total. The molecule has 0 amide bonds. The highest BCUT2D eigenvalue weighted by atomic mass is 79.9. The lowest BCUT2D eigenvalue weighted by molar-refractivity contribution is 0.868. The van der Waals surface area contributed by atoms with Crippen LogP contribution in [-0.2, 0) is 0 Å². The largest absolute Gasteiger partial charge is 0.259 e. The molecule has 0 aliphatic carbocycles. The van der Waals surface area contributed by atoms with Crippen molar-refractivity contribution in [3.8, 4) is 0 Å². The molecule has 17 heavy (non-hydrogen) atoms. The monoisotopic (exact) mass is 309 g/mol. The van der Waals surface area contributed by atoms with Crippen molar-refractivity contribution in [2.24, 2.45) is 0 Å². The molecule has 1 unspecified atom stereocenters. The number of aryl methyl sites for hydroxylation is 1. The maximum atomic E-state index is 6.08. The zero-order valence-corrected chi connectivity index (χ0v) is 12.1. The number of aromatic nitrogens is 1. The predicted molar refractivity (Wildman–Crippen MR) is 75.6 cm³/mol. The zero-order chi connectivity index (χ0) is 12.4. The first-order chi connectivity index (χ1) is 8.06. The van der Waals surface area contributed by atoms with E-state index in [0.717, 1.165) is 15.2 Å². The Morgan fingerprint density at radius 2 is 2.00 bits per heavy atom. The van der Waals surface area contributed by atoms with Crippen LogP contribution in [0.1, 0.15) is 29.7 Å². The fourth-order valence-electron chi connectivity index (χ4n) is 1.83. The van der Waals surface area contributed by atoms with E-state index in [2.05, 4.69) is 40.8 Å². The summed E-state index contributed by atoms with van der Waals surface area (Å²) in [5.74, 6) is 0.250. The fourth-order valence-corrected chi connectivity index (χ4v) is 2.36. The number of rotatable bonds is 2. The van der Waals surface area contributed by atoms with Crippen LogP contribution in [0.15, 0.2) is 41.0 Å². The molecule has 0 radical (unpaired) electrons. The highest BCUT2D eigenvalue weighted by Crippen LogP contribution is 2.26. The summed E-state index contributed by atoms with van der Waals surface area (Å²) in [5.41, 5.74) is 3.43. The molecule has 0 aliphatic rings. The van der Waals surface area contributed by atoms with E-state index in [4.69, 9.17) is 11.6 Å². The van der Waals surface area contributed by atoms with Gasteiger partial charge in [0.2, 0.25) is 0 Å². The minimum Gasteiger partial charge on any atom is -0.259 e. The predicted octanol–water partition coefficient (Wildman–Crippen LogP) is 4.96. The van der Waals surface area contributed by atoms with Gasteiger partial charge in [-0.25, -0.2) is 0 Å². The lowest BCUT2D eigenvalue weighted by atomic mass is 9.96. The average molecular weight is 311 g/mol. The summed E-state index contributed by atoms with van der Waals surface area (Å²) < 4.78 is 0.996. The quantitative estimate of drug-likeness (QED) is 0.764. The minimum atomic E-state index is 0.250. The number of hydrogen-bond donors (Lipinski definition) is 0. The topological polar surface area (TPSA) is 12.9 Å². The normalized spacial score (nSPS) is 12.5. The summed E-state index contributed by atoms with van der Waals surface area (Å²) in [6.45, 7) is 4.19. The molecular formula is C14H13BrClN. The SMILES string of the molecule is Cc1cc(Cl)cc(C(C)c2ccc(Br)cn2)c1. The van der Waals surface area contributed by atoms with Crippen molar-refractivity contribution in [3.05, 3.63) is 62.8 Å². The molecule has 0 saturated carbocycles. The Morgan fingerprint density at radius 3 is 2.59 bits per heavy atom. The van der Waals surface area contributed by atoms with Crippen molar-refractivity contribution >= 4 is 27.5 Å². The molecule has 0 aliphatic heterocycles. The van der Waals surface area contributed by atoms with Crippen LogP contribution in [0.4, 0.5) is 0 Å². The molecule has 88 valence electrons. The van der Waals surface area contributed by atoms with Crippen LogP contribution in [0.2, 0.25) is 5.02 Å². The number of halogens is 2. The Morgan fingerprint density at radius 1 is 1.24 bits per heavy atom. The van der Waals surface area contributed by atoms with E-state index in [9.17, 15) is 0 Å². The molecule has 0 saturated heterocycles. The van der Waals surface area contributed by atoms with Crippen LogP contribution in [-0.4, -0.2) is 4.98 Å². The molecule has 1 aromatic carbocycles. The highest BCUT2D eigenvalue weighted by molar-refractivity contribution is 9.10. The van der Waals surface area contributed by atoms with Gasteiger partial charge in [0.25, 0.3) is 0 Å². The summed E-state index contributed by atoms with van der Waals surface area (Å²) in [4.78, 5) is 4.42. The van der Waals surface area contributed by atoms with Crippen molar-refractivity contribution in [2.45, 2.75) is 19.8 Å². The first kappa shape index (κ1) is 12.6. The molecule has 2 rings (SSSR count). The lowest BCUT2D eigenvalue weighted by Crippen LogP contribution is -1.99. The third kappa shape index (κ3) is 3.08. The molecule has 0 spiro atoms. The smallest absolute Gasteiger partial charge is 0.0476 e. The van der Waals surface area contributed by atoms with Gasteiger partial charge >= 0.3 is 0 Å². The van der Waals surface area contributed by atoms with Crippen molar-refractivity contribution in [1.29, 1.82) is 0 Å². The second-order valence-corrected chi connectivity index (χ2v) is 5.54. The van der Waals surface area contributed by atoms with Crippen molar-refractivity contribution in [3.63, 3.8) is 0 Å². The van der Waals surface area contributed by atoms with Gasteiger partial charge in [0.1, 0.15) is 0 Å². The van der Waals surface area contributed by atoms with Gasteiger partial charge < -0.3 is 0 Å². The van der Waals surface area contributed by atoms with Crippen LogP contribution in [0.25, 0.3) is 0 Å². The third-order valence-corrected chi connectivity index (χ3v) is 3.45. The van der Waals surface area contributed by atoms with E-state index in [0.29, 0.717) is 0 Å². The summed E-state index contributed by atoms with van der Waals surface area (Å²) in [5, 5.41) is 0.781. The van der Waals surface area contributed by atoms with E-state index in [1.165, 1.54) is 11.1 Å². The van der Waals surface area contributed by atoms with Crippen LogP contribution in [0.3, 0.4) is 0 Å². The standard InChI is InChI=1S/C14H13BrClN/c1-9-5-11(7-13(16)6-9)10(2)14-4-3-12(15)8-17-14/h3-8,10H,1-2H3. The van der Waals surface area contributed by atoms with Gasteiger partial charge in [0, 0.05) is 27.3 Å². The second-order valence-electron chi connectivity index (χ2n) is 4.18.